The molecule has 5 heteroatoms. The molecule has 1 aromatic carbocycles. The first kappa shape index (κ1) is 14.7. The highest BCUT2D eigenvalue weighted by atomic mass is 16.5. The Balaban J connectivity index is 1.66. The molecule has 5 nitrogen and oxygen atoms in total. The molecule has 1 aliphatic rings. The molecule has 0 aliphatic carbocycles. The number of hydrogen-bond donors (Lipinski definition) is 2. The van der Waals surface area contributed by atoms with Crippen molar-refractivity contribution in [3.05, 3.63) is 47.4 Å². The second kappa shape index (κ2) is 6.23. The second-order valence-corrected chi connectivity index (χ2v) is 5.55. The molecule has 2 N–H and O–H groups in total. The van der Waals surface area contributed by atoms with Gasteiger partial charge in [-0.3, -0.25) is 4.90 Å². The van der Waals surface area contributed by atoms with Gasteiger partial charge in [-0.1, -0.05) is 18.2 Å². The Morgan fingerprint density at radius 1 is 1.41 bits per heavy atom. The van der Waals surface area contributed by atoms with E-state index in [4.69, 9.17) is 4.74 Å². The lowest BCUT2D eigenvalue weighted by atomic mass is 10.1. The predicted octanol–water partition coefficient (Wildman–Crippen LogP) is 2.40. The number of nitrogens with one attached hydrogen (secondary N) is 1. The van der Waals surface area contributed by atoms with E-state index in [9.17, 15) is 9.90 Å². The summed E-state index contributed by atoms with van der Waals surface area (Å²) in [6.07, 6.45) is 3.45. The zero-order valence-electron chi connectivity index (χ0n) is 12.6. The van der Waals surface area contributed by atoms with Crippen LogP contribution in [0.25, 0.3) is 10.9 Å². The van der Waals surface area contributed by atoms with Crippen molar-refractivity contribution in [3.63, 3.8) is 0 Å². The number of methoxy groups -OCH3 is 1. The van der Waals surface area contributed by atoms with Crippen molar-refractivity contribution in [3.8, 4) is 0 Å². The third kappa shape index (κ3) is 2.85. The van der Waals surface area contributed by atoms with Crippen LogP contribution >= 0.6 is 0 Å². The van der Waals surface area contributed by atoms with Crippen molar-refractivity contribution in [1.82, 2.24) is 9.88 Å². The minimum Gasteiger partial charge on any atom is -0.512 e. The lowest BCUT2D eigenvalue weighted by molar-refractivity contribution is -0.136. The molecule has 0 bridgehead atoms. The van der Waals surface area contributed by atoms with Crippen LogP contribution in [0.4, 0.5) is 0 Å². The van der Waals surface area contributed by atoms with E-state index in [0.717, 1.165) is 25.0 Å². The quantitative estimate of drug-likeness (QED) is 0.851. The number of para-hydroxylation sites is 1. The van der Waals surface area contributed by atoms with E-state index in [0.29, 0.717) is 18.5 Å². The Morgan fingerprint density at radius 2 is 2.23 bits per heavy atom. The van der Waals surface area contributed by atoms with Gasteiger partial charge in [0, 0.05) is 43.2 Å². The lowest BCUT2D eigenvalue weighted by Gasteiger charge is -2.27. The molecular weight excluding hydrogens is 280 g/mol. The summed E-state index contributed by atoms with van der Waals surface area (Å²) < 4.78 is 4.73. The number of fused-ring (bicyclic) bond motifs is 1. The number of aromatic amines is 1. The largest absolute Gasteiger partial charge is 0.512 e. The lowest BCUT2D eigenvalue weighted by Crippen LogP contribution is -2.36. The Bertz CT molecular complexity index is 718. The summed E-state index contributed by atoms with van der Waals surface area (Å²) in [6.45, 7) is 2.05. The number of rotatable bonds is 4. The van der Waals surface area contributed by atoms with Crippen molar-refractivity contribution in [1.29, 1.82) is 0 Å². The third-order valence-corrected chi connectivity index (χ3v) is 4.20. The Morgan fingerprint density at radius 3 is 3.05 bits per heavy atom. The predicted molar refractivity (Wildman–Crippen MR) is 84.7 cm³/mol. The average molecular weight is 300 g/mol. The van der Waals surface area contributed by atoms with Gasteiger partial charge >= 0.3 is 5.97 Å². The Kier molecular flexibility index (Phi) is 4.15. The number of carbonyl (C=O) groups is 1. The summed E-state index contributed by atoms with van der Waals surface area (Å²) in [4.78, 5) is 17.1. The maximum Gasteiger partial charge on any atom is 0.338 e. The molecule has 22 heavy (non-hydrogen) atoms. The van der Waals surface area contributed by atoms with Gasteiger partial charge in [0.25, 0.3) is 0 Å². The average Bonchev–Trinajstić information content (AvgIpc) is 2.96. The molecule has 3 rings (SSSR count). The molecule has 0 radical (unpaired) electrons. The van der Waals surface area contributed by atoms with Crippen LogP contribution in [0.15, 0.2) is 41.8 Å². The molecule has 1 aliphatic heterocycles. The van der Waals surface area contributed by atoms with Gasteiger partial charge in [0.1, 0.15) is 5.76 Å². The van der Waals surface area contributed by atoms with Gasteiger partial charge in [0.05, 0.1) is 12.7 Å². The van der Waals surface area contributed by atoms with Crippen LogP contribution in [0, 0.1) is 0 Å². The number of nitrogens with zero attached hydrogens (tertiary/aromatic N) is 1. The fourth-order valence-corrected chi connectivity index (χ4v) is 2.92. The minimum atomic E-state index is -0.436. The van der Waals surface area contributed by atoms with Gasteiger partial charge in [-0.2, -0.15) is 0 Å². The van der Waals surface area contributed by atoms with E-state index < -0.39 is 5.97 Å². The molecule has 0 fully saturated rings. The summed E-state index contributed by atoms with van der Waals surface area (Å²) in [7, 11) is 1.34. The normalized spacial score (nSPS) is 16.2. The van der Waals surface area contributed by atoms with Crippen molar-refractivity contribution >= 4 is 16.9 Å². The van der Waals surface area contributed by atoms with Crippen LogP contribution in [0.2, 0.25) is 0 Å². The number of aliphatic hydroxyl groups excluding tert-OH is 1. The third-order valence-electron chi connectivity index (χ3n) is 4.20. The van der Waals surface area contributed by atoms with Crippen LogP contribution in [0.1, 0.15) is 12.0 Å². The first-order chi connectivity index (χ1) is 10.7. The molecule has 0 unspecified atom stereocenters. The van der Waals surface area contributed by atoms with E-state index in [1.807, 2.05) is 18.3 Å². The van der Waals surface area contributed by atoms with Gasteiger partial charge in [0.15, 0.2) is 0 Å². The molecule has 2 aromatic rings. The van der Waals surface area contributed by atoms with E-state index >= 15 is 0 Å². The highest BCUT2D eigenvalue weighted by Gasteiger charge is 2.24. The van der Waals surface area contributed by atoms with Crippen LogP contribution in [0.5, 0.6) is 0 Å². The van der Waals surface area contributed by atoms with E-state index in [2.05, 4.69) is 22.0 Å². The smallest absolute Gasteiger partial charge is 0.338 e. The summed E-state index contributed by atoms with van der Waals surface area (Å²) >= 11 is 0. The maximum absolute atomic E-state index is 11.7. The number of aromatic nitrogens is 1. The summed E-state index contributed by atoms with van der Waals surface area (Å²) in [5.41, 5.74) is 2.80. The molecule has 0 spiro atoms. The highest BCUT2D eigenvalue weighted by Crippen LogP contribution is 2.20. The highest BCUT2D eigenvalue weighted by molar-refractivity contribution is 5.89. The number of H-pyrrole nitrogens is 1. The summed E-state index contributed by atoms with van der Waals surface area (Å²) in [5.74, 6) is -0.274. The molecule has 0 atom stereocenters. The monoisotopic (exact) mass is 300 g/mol. The fourth-order valence-electron chi connectivity index (χ4n) is 2.92. The maximum atomic E-state index is 11.7. The van der Waals surface area contributed by atoms with Gasteiger partial charge in [0.2, 0.25) is 0 Å². The van der Waals surface area contributed by atoms with E-state index in [1.54, 1.807) is 0 Å². The molecular formula is C17H20N2O3. The van der Waals surface area contributed by atoms with Crippen molar-refractivity contribution in [2.75, 3.05) is 26.7 Å². The topological polar surface area (TPSA) is 65.6 Å². The number of ether oxygens (including phenoxy) is 1. The summed E-state index contributed by atoms with van der Waals surface area (Å²) in [5, 5.41) is 11.1. The molecule has 1 aromatic heterocycles. The van der Waals surface area contributed by atoms with Crippen LogP contribution in [0.3, 0.4) is 0 Å². The molecule has 2 heterocycles. The molecule has 0 saturated carbocycles. The molecule has 0 saturated heterocycles. The van der Waals surface area contributed by atoms with Crippen LogP contribution in [-0.2, 0) is 16.0 Å². The minimum absolute atomic E-state index is 0.162. The molecule has 116 valence electrons. The number of benzene rings is 1. The Labute approximate surface area is 129 Å². The van der Waals surface area contributed by atoms with Crippen molar-refractivity contribution < 1.29 is 14.6 Å². The fraction of sp³-hybridized carbons (Fsp3) is 0.353. The number of esters is 1. The van der Waals surface area contributed by atoms with Crippen molar-refractivity contribution in [2.45, 2.75) is 12.8 Å². The Hall–Kier alpha value is -2.27. The van der Waals surface area contributed by atoms with Crippen molar-refractivity contribution in [2.24, 2.45) is 0 Å². The van der Waals surface area contributed by atoms with Crippen LogP contribution in [-0.4, -0.2) is 47.7 Å². The van der Waals surface area contributed by atoms with Gasteiger partial charge in [-0.25, -0.2) is 4.79 Å². The summed E-state index contributed by atoms with van der Waals surface area (Å²) in [6, 6.07) is 8.24. The van der Waals surface area contributed by atoms with Gasteiger partial charge in [-0.05, 0) is 18.1 Å². The zero-order chi connectivity index (χ0) is 15.5. The van der Waals surface area contributed by atoms with Gasteiger partial charge < -0.3 is 14.8 Å². The SMILES string of the molecule is COC(=O)C1=C(O)CCN(CCc2c[nH]c3ccccc23)C1. The zero-order valence-corrected chi connectivity index (χ0v) is 12.6. The number of aliphatic hydroxyl groups is 1. The van der Waals surface area contributed by atoms with Gasteiger partial charge in [-0.15, -0.1) is 0 Å². The van der Waals surface area contributed by atoms with Crippen LogP contribution < -0.4 is 0 Å². The second-order valence-electron chi connectivity index (χ2n) is 5.55. The first-order valence-corrected chi connectivity index (χ1v) is 7.45. The number of hydrogen-bond acceptors (Lipinski definition) is 4. The van der Waals surface area contributed by atoms with E-state index in [-0.39, 0.29) is 5.76 Å². The first-order valence-electron chi connectivity index (χ1n) is 7.45. The number of carbonyl (C=O) groups excluding carboxylic acids is 1. The molecule has 0 amide bonds. The standard InChI is InChI=1S/C17H20N2O3/c1-22-17(21)14-11-19(9-7-16(14)20)8-6-12-10-18-15-5-3-2-4-13(12)15/h2-5,10,18,20H,6-9,11H2,1H3. The van der Waals surface area contributed by atoms with E-state index in [1.165, 1.54) is 18.1 Å².